The van der Waals surface area contributed by atoms with E-state index in [0.29, 0.717) is 5.92 Å². The summed E-state index contributed by atoms with van der Waals surface area (Å²) in [5.41, 5.74) is 3.95. The molecule has 0 amide bonds. The number of thiophene rings is 1. The Labute approximate surface area is 112 Å². The Balaban J connectivity index is 2.06. The predicted molar refractivity (Wildman–Crippen MR) is 76.8 cm³/mol. The van der Waals surface area contributed by atoms with Crippen molar-refractivity contribution < 1.29 is 4.74 Å². The molecule has 18 heavy (non-hydrogen) atoms. The minimum atomic E-state index is -0.191. The van der Waals surface area contributed by atoms with Gasteiger partial charge in [0.15, 0.2) is 0 Å². The van der Waals surface area contributed by atoms with Crippen molar-refractivity contribution in [3.8, 4) is 0 Å². The number of ether oxygens (including phenoxy) is 1. The first kappa shape index (κ1) is 11.8. The molecule has 1 nitrogen and oxygen atoms in total. The molecule has 0 fully saturated rings. The largest absolute Gasteiger partial charge is 0.483 e. The first-order valence-electron chi connectivity index (χ1n) is 6.38. The third-order valence-corrected chi connectivity index (χ3v) is 4.26. The molecule has 1 atom stereocenters. The van der Waals surface area contributed by atoms with Gasteiger partial charge in [0.2, 0.25) is 0 Å². The molecule has 2 heterocycles. The van der Waals surface area contributed by atoms with E-state index in [9.17, 15) is 0 Å². The fourth-order valence-corrected chi connectivity index (χ4v) is 3.65. The number of hydrogen-bond acceptors (Lipinski definition) is 2. The molecule has 1 aromatic rings. The highest BCUT2D eigenvalue weighted by Gasteiger charge is 2.31. The van der Waals surface area contributed by atoms with Gasteiger partial charge in [0.25, 0.3) is 0 Å². The summed E-state index contributed by atoms with van der Waals surface area (Å²) in [7, 11) is 0. The van der Waals surface area contributed by atoms with Gasteiger partial charge in [0, 0.05) is 11.5 Å². The minimum absolute atomic E-state index is 0.191. The van der Waals surface area contributed by atoms with Crippen LogP contribution in [0.2, 0.25) is 0 Å². The third-order valence-electron chi connectivity index (χ3n) is 3.56. The lowest BCUT2D eigenvalue weighted by Crippen LogP contribution is -2.27. The van der Waals surface area contributed by atoms with Crippen LogP contribution in [0.25, 0.3) is 0 Å². The van der Waals surface area contributed by atoms with E-state index in [1.165, 1.54) is 16.7 Å². The van der Waals surface area contributed by atoms with Crippen molar-refractivity contribution in [2.24, 2.45) is 0 Å². The van der Waals surface area contributed by atoms with Crippen molar-refractivity contribution in [2.45, 2.75) is 38.7 Å². The summed E-state index contributed by atoms with van der Waals surface area (Å²) >= 11 is 1.77. The molecular weight excluding hydrogens is 240 g/mol. The Morgan fingerprint density at radius 1 is 1.39 bits per heavy atom. The van der Waals surface area contributed by atoms with Gasteiger partial charge in [-0.1, -0.05) is 6.08 Å². The molecular formula is C16H18OS. The van der Waals surface area contributed by atoms with Crippen LogP contribution in [0.4, 0.5) is 0 Å². The molecule has 1 aromatic heterocycles. The lowest BCUT2D eigenvalue weighted by molar-refractivity contribution is 0.0777. The summed E-state index contributed by atoms with van der Waals surface area (Å²) in [5, 5.41) is 4.40. The van der Waals surface area contributed by atoms with E-state index < -0.39 is 0 Å². The first-order chi connectivity index (χ1) is 8.57. The van der Waals surface area contributed by atoms with E-state index in [2.05, 4.69) is 55.8 Å². The van der Waals surface area contributed by atoms with Crippen LogP contribution in [0.15, 0.2) is 52.0 Å². The lowest BCUT2D eigenvalue weighted by atomic mass is 9.80. The van der Waals surface area contributed by atoms with Crippen LogP contribution in [-0.2, 0) is 4.74 Å². The topological polar surface area (TPSA) is 9.23 Å². The van der Waals surface area contributed by atoms with Crippen LogP contribution in [-0.4, -0.2) is 5.60 Å². The summed E-state index contributed by atoms with van der Waals surface area (Å²) in [5.74, 6) is 1.52. The molecule has 0 saturated heterocycles. The van der Waals surface area contributed by atoms with E-state index in [0.717, 1.165) is 12.2 Å². The molecule has 0 saturated carbocycles. The maximum absolute atomic E-state index is 6.10. The van der Waals surface area contributed by atoms with Gasteiger partial charge < -0.3 is 4.74 Å². The SMILES string of the molecule is CC1=CC(C)(C)OC2=C1[C@H](c1ccsc1)CC=C2. The average Bonchev–Trinajstić information content (AvgIpc) is 2.79. The lowest BCUT2D eigenvalue weighted by Gasteiger charge is -2.35. The van der Waals surface area contributed by atoms with Crippen molar-refractivity contribution in [2.75, 3.05) is 0 Å². The fourth-order valence-electron chi connectivity index (χ4n) is 2.94. The minimum Gasteiger partial charge on any atom is -0.483 e. The summed E-state index contributed by atoms with van der Waals surface area (Å²) in [4.78, 5) is 0. The van der Waals surface area contributed by atoms with E-state index >= 15 is 0 Å². The monoisotopic (exact) mass is 258 g/mol. The average molecular weight is 258 g/mol. The highest BCUT2D eigenvalue weighted by molar-refractivity contribution is 7.08. The summed E-state index contributed by atoms with van der Waals surface area (Å²) in [6.07, 6.45) is 7.68. The van der Waals surface area contributed by atoms with Crippen molar-refractivity contribution in [1.82, 2.24) is 0 Å². The molecule has 0 unspecified atom stereocenters. The van der Waals surface area contributed by atoms with Gasteiger partial charge in [0.1, 0.15) is 11.4 Å². The van der Waals surface area contributed by atoms with Gasteiger partial charge in [-0.3, -0.25) is 0 Å². The fraction of sp³-hybridized carbons (Fsp3) is 0.375. The molecule has 3 rings (SSSR count). The van der Waals surface area contributed by atoms with E-state index in [-0.39, 0.29) is 5.60 Å². The highest BCUT2D eigenvalue weighted by atomic mass is 32.1. The molecule has 1 aliphatic carbocycles. The zero-order chi connectivity index (χ0) is 12.8. The van der Waals surface area contributed by atoms with E-state index in [1.807, 2.05) is 0 Å². The van der Waals surface area contributed by atoms with Gasteiger partial charge in [0.05, 0.1) is 0 Å². The van der Waals surface area contributed by atoms with Gasteiger partial charge >= 0.3 is 0 Å². The van der Waals surface area contributed by atoms with Crippen LogP contribution in [0.5, 0.6) is 0 Å². The summed E-state index contributed by atoms with van der Waals surface area (Å²) < 4.78 is 6.10. The molecule has 2 aliphatic rings. The number of allylic oxidation sites excluding steroid dienone is 4. The predicted octanol–water partition coefficient (Wildman–Crippen LogP) is 4.80. The molecule has 0 N–H and O–H groups in total. The second kappa shape index (κ2) is 4.13. The summed E-state index contributed by atoms with van der Waals surface area (Å²) in [6.45, 7) is 6.43. The molecule has 94 valence electrons. The first-order valence-corrected chi connectivity index (χ1v) is 7.33. The summed E-state index contributed by atoms with van der Waals surface area (Å²) in [6, 6.07) is 2.23. The zero-order valence-corrected chi connectivity index (χ0v) is 11.9. The van der Waals surface area contributed by atoms with Crippen molar-refractivity contribution in [3.05, 3.63) is 57.5 Å². The second-order valence-corrected chi connectivity index (χ2v) is 6.34. The maximum Gasteiger partial charge on any atom is 0.124 e. The quantitative estimate of drug-likeness (QED) is 0.703. The number of rotatable bonds is 1. The molecule has 0 radical (unpaired) electrons. The third kappa shape index (κ3) is 1.95. The van der Waals surface area contributed by atoms with Crippen LogP contribution in [0, 0.1) is 0 Å². The van der Waals surface area contributed by atoms with Crippen LogP contribution >= 0.6 is 11.3 Å². The van der Waals surface area contributed by atoms with E-state index in [4.69, 9.17) is 4.74 Å². The van der Waals surface area contributed by atoms with Gasteiger partial charge in [-0.15, -0.1) is 0 Å². The maximum atomic E-state index is 6.10. The van der Waals surface area contributed by atoms with Crippen molar-refractivity contribution >= 4 is 11.3 Å². The Bertz CT molecular complexity index is 544. The highest BCUT2D eigenvalue weighted by Crippen LogP contribution is 2.43. The molecule has 0 aromatic carbocycles. The molecule has 2 heteroatoms. The van der Waals surface area contributed by atoms with Crippen LogP contribution in [0.3, 0.4) is 0 Å². The van der Waals surface area contributed by atoms with Gasteiger partial charge in [-0.2, -0.15) is 11.3 Å². The standard InChI is InChI=1S/C16H18OS/c1-11-9-16(2,3)17-14-6-4-5-13(15(11)14)12-7-8-18-10-12/h4,6-10,13H,5H2,1-3H3/t13-/m0/s1. The van der Waals surface area contributed by atoms with Crippen molar-refractivity contribution in [1.29, 1.82) is 0 Å². The Hall–Kier alpha value is -1.28. The van der Waals surface area contributed by atoms with Crippen molar-refractivity contribution in [3.63, 3.8) is 0 Å². The Morgan fingerprint density at radius 3 is 2.94 bits per heavy atom. The van der Waals surface area contributed by atoms with Gasteiger partial charge in [-0.05, 0) is 67.3 Å². The van der Waals surface area contributed by atoms with Crippen LogP contribution in [0.1, 0.15) is 38.7 Å². The molecule has 0 spiro atoms. The van der Waals surface area contributed by atoms with Gasteiger partial charge in [-0.25, -0.2) is 0 Å². The second-order valence-electron chi connectivity index (χ2n) is 5.56. The Kier molecular flexibility index (Phi) is 2.70. The Morgan fingerprint density at radius 2 is 2.22 bits per heavy atom. The van der Waals surface area contributed by atoms with E-state index in [1.54, 1.807) is 11.3 Å². The zero-order valence-electron chi connectivity index (χ0n) is 11.1. The number of hydrogen-bond donors (Lipinski definition) is 0. The smallest absolute Gasteiger partial charge is 0.124 e. The molecule has 0 bridgehead atoms. The van der Waals surface area contributed by atoms with Crippen LogP contribution < -0.4 is 0 Å². The molecule has 1 aliphatic heterocycles. The normalized spacial score (nSPS) is 25.5.